The molecule has 1 aliphatic rings. The zero-order valence-electron chi connectivity index (χ0n) is 14.5. The van der Waals surface area contributed by atoms with E-state index in [0.717, 1.165) is 29.0 Å². The third kappa shape index (κ3) is 2.87. The Balaban J connectivity index is 1.39. The molecule has 1 saturated heterocycles. The number of hydrogen-bond acceptors (Lipinski definition) is 5. The quantitative estimate of drug-likeness (QED) is 0.562. The lowest BCUT2D eigenvalue weighted by atomic mass is 10.1. The molecule has 4 aromatic rings. The first-order valence-corrected chi connectivity index (χ1v) is 8.86. The van der Waals surface area contributed by atoms with E-state index in [0.29, 0.717) is 18.7 Å². The minimum atomic E-state index is -0.00567. The van der Waals surface area contributed by atoms with E-state index in [-0.39, 0.29) is 11.8 Å². The molecule has 27 heavy (non-hydrogen) atoms. The van der Waals surface area contributed by atoms with E-state index in [2.05, 4.69) is 15.1 Å². The fourth-order valence-corrected chi connectivity index (χ4v) is 3.50. The normalized spacial score (nSPS) is 16.9. The minimum Gasteiger partial charge on any atom is -0.472 e. The highest BCUT2D eigenvalue weighted by Crippen LogP contribution is 2.27. The van der Waals surface area contributed by atoms with Crippen molar-refractivity contribution < 1.29 is 9.21 Å². The molecular formula is C20H17N5O2. The average Bonchev–Trinajstić information content (AvgIpc) is 3.47. The van der Waals surface area contributed by atoms with Crippen LogP contribution in [-0.4, -0.2) is 43.5 Å². The zero-order valence-corrected chi connectivity index (χ0v) is 14.5. The zero-order chi connectivity index (χ0) is 18.2. The lowest BCUT2D eigenvalue weighted by Crippen LogP contribution is -2.28. The summed E-state index contributed by atoms with van der Waals surface area (Å²) in [5.74, 6) is 0.914. The fraction of sp³-hybridized carbons (Fsp3) is 0.200. The summed E-state index contributed by atoms with van der Waals surface area (Å²) in [7, 11) is 0. The van der Waals surface area contributed by atoms with Crippen LogP contribution in [0.3, 0.4) is 0 Å². The van der Waals surface area contributed by atoms with Gasteiger partial charge < -0.3 is 9.32 Å². The van der Waals surface area contributed by atoms with Crippen LogP contribution in [0, 0.1) is 0 Å². The number of fused-ring (bicyclic) bond motifs is 1. The lowest BCUT2D eigenvalue weighted by molar-refractivity contribution is 0.0790. The van der Waals surface area contributed by atoms with E-state index in [9.17, 15) is 4.79 Å². The van der Waals surface area contributed by atoms with Crippen LogP contribution in [-0.2, 0) is 0 Å². The van der Waals surface area contributed by atoms with Gasteiger partial charge in [0.1, 0.15) is 6.26 Å². The molecule has 5 rings (SSSR count). The summed E-state index contributed by atoms with van der Waals surface area (Å²) in [6.45, 7) is 1.32. The third-order valence-corrected chi connectivity index (χ3v) is 4.95. The Morgan fingerprint density at radius 3 is 2.96 bits per heavy atom. The molecule has 0 N–H and O–H groups in total. The Morgan fingerprint density at radius 1 is 1.19 bits per heavy atom. The molecule has 1 fully saturated rings. The highest BCUT2D eigenvalue weighted by Gasteiger charge is 2.30. The van der Waals surface area contributed by atoms with Crippen molar-refractivity contribution in [2.45, 2.75) is 12.3 Å². The van der Waals surface area contributed by atoms with Gasteiger partial charge in [0.15, 0.2) is 11.5 Å². The second-order valence-electron chi connectivity index (χ2n) is 6.68. The van der Waals surface area contributed by atoms with Crippen molar-refractivity contribution >= 4 is 11.6 Å². The summed E-state index contributed by atoms with van der Waals surface area (Å²) in [5.41, 5.74) is 3.46. The number of pyridine rings is 2. The Hall–Kier alpha value is -3.48. The Labute approximate surface area is 155 Å². The largest absolute Gasteiger partial charge is 0.472 e. The molecule has 1 aliphatic heterocycles. The molecule has 7 nitrogen and oxygen atoms in total. The van der Waals surface area contributed by atoms with Crippen LogP contribution in [0.25, 0.3) is 16.8 Å². The van der Waals surface area contributed by atoms with E-state index in [1.54, 1.807) is 16.8 Å². The predicted octanol–water partition coefficient (Wildman–Crippen LogP) is 3.01. The molecule has 1 amide bonds. The minimum absolute atomic E-state index is 0.00567. The first-order valence-electron chi connectivity index (χ1n) is 8.86. The van der Waals surface area contributed by atoms with Crippen LogP contribution in [0.15, 0.2) is 65.9 Å². The molecule has 1 atom stereocenters. The molecule has 0 aliphatic carbocycles. The van der Waals surface area contributed by atoms with Crippen molar-refractivity contribution in [3.05, 3.63) is 72.8 Å². The van der Waals surface area contributed by atoms with Gasteiger partial charge in [-0.25, -0.2) is 9.50 Å². The van der Waals surface area contributed by atoms with Gasteiger partial charge in [-0.2, -0.15) is 5.10 Å². The molecule has 0 saturated carbocycles. The molecule has 4 aromatic heterocycles. The number of carbonyl (C=O) groups is 1. The summed E-state index contributed by atoms with van der Waals surface area (Å²) < 4.78 is 6.82. The highest BCUT2D eigenvalue weighted by molar-refractivity contribution is 5.94. The Bertz CT molecular complexity index is 1090. The van der Waals surface area contributed by atoms with Crippen molar-refractivity contribution in [2.24, 2.45) is 0 Å². The van der Waals surface area contributed by atoms with Crippen LogP contribution in [0.2, 0.25) is 0 Å². The molecular weight excluding hydrogens is 342 g/mol. The number of aromatic nitrogens is 4. The predicted molar refractivity (Wildman–Crippen MR) is 98.2 cm³/mol. The SMILES string of the molecule is O=C(c1ccoc1)N1CC[C@H](c2nc3ccc(-c4cccnc4)cn3n2)C1. The number of amides is 1. The number of carbonyl (C=O) groups excluding carboxylic acids is 1. The van der Waals surface area contributed by atoms with Crippen LogP contribution < -0.4 is 0 Å². The van der Waals surface area contributed by atoms with Crippen LogP contribution in [0.4, 0.5) is 0 Å². The van der Waals surface area contributed by atoms with Gasteiger partial charge in [0, 0.05) is 48.7 Å². The van der Waals surface area contributed by atoms with Crippen molar-refractivity contribution in [2.75, 3.05) is 13.1 Å². The van der Waals surface area contributed by atoms with E-state index in [1.165, 1.54) is 12.5 Å². The first kappa shape index (κ1) is 15.7. The molecule has 0 spiro atoms. The fourth-order valence-electron chi connectivity index (χ4n) is 3.50. The third-order valence-electron chi connectivity index (χ3n) is 4.95. The lowest BCUT2D eigenvalue weighted by Gasteiger charge is -2.14. The second-order valence-corrected chi connectivity index (χ2v) is 6.68. The summed E-state index contributed by atoms with van der Waals surface area (Å²) in [4.78, 5) is 23.1. The van der Waals surface area contributed by atoms with Gasteiger partial charge in [-0.05, 0) is 30.7 Å². The van der Waals surface area contributed by atoms with Gasteiger partial charge in [0.25, 0.3) is 5.91 Å². The van der Waals surface area contributed by atoms with Crippen LogP contribution in [0.1, 0.15) is 28.5 Å². The molecule has 0 aromatic carbocycles. The molecule has 134 valence electrons. The number of nitrogens with zero attached hydrogens (tertiary/aromatic N) is 5. The molecule has 0 bridgehead atoms. The van der Waals surface area contributed by atoms with Crippen LogP contribution in [0.5, 0.6) is 0 Å². The summed E-state index contributed by atoms with van der Waals surface area (Å²) in [5, 5.41) is 4.67. The summed E-state index contributed by atoms with van der Waals surface area (Å²) in [6, 6.07) is 9.61. The maximum Gasteiger partial charge on any atom is 0.257 e. The molecule has 7 heteroatoms. The van der Waals surface area contributed by atoms with E-state index >= 15 is 0 Å². The van der Waals surface area contributed by atoms with Gasteiger partial charge in [-0.3, -0.25) is 9.78 Å². The van der Waals surface area contributed by atoms with Crippen molar-refractivity contribution in [3.63, 3.8) is 0 Å². The van der Waals surface area contributed by atoms with Crippen molar-refractivity contribution in [1.82, 2.24) is 24.5 Å². The van der Waals surface area contributed by atoms with E-state index < -0.39 is 0 Å². The number of rotatable bonds is 3. The maximum atomic E-state index is 12.5. The van der Waals surface area contributed by atoms with Gasteiger partial charge in [-0.1, -0.05) is 6.07 Å². The number of furan rings is 1. The van der Waals surface area contributed by atoms with Gasteiger partial charge >= 0.3 is 0 Å². The molecule has 5 heterocycles. The summed E-state index contributed by atoms with van der Waals surface area (Å²) in [6.07, 6.45) is 9.41. The number of likely N-dealkylation sites (tertiary alicyclic amines) is 1. The van der Waals surface area contributed by atoms with Gasteiger partial charge in [-0.15, -0.1) is 0 Å². The Morgan fingerprint density at radius 2 is 2.15 bits per heavy atom. The molecule has 0 unspecified atom stereocenters. The van der Waals surface area contributed by atoms with Crippen molar-refractivity contribution in [1.29, 1.82) is 0 Å². The topological polar surface area (TPSA) is 76.5 Å². The second kappa shape index (κ2) is 6.35. The standard InChI is InChI=1S/C20H17N5O2/c26-20(17-6-9-27-13-17)24-8-5-16(11-24)19-22-18-4-3-15(12-25(18)23-19)14-2-1-7-21-10-14/h1-4,6-7,9-10,12-13,16H,5,8,11H2/t16-/m0/s1. The summed E-state index contributed by atoms with van der Waals surface area (Å²) >= 11 is 0. The van der Waals surface area contributed by atoms with Crippen LogP contribution >= 0.6 is 0 Å². The van der Waals surface area contributed by atoms with Crippen molar-refractivity contribution in [3.8, 4) is 11.1 Å². The first-order chi connectivity index (χ1) is 13.3. The van der Waals surface area contributed by atoms with E-state index in [1.807, 2.05) is 41.6 Å². The van der Waals surface area contributed by atoms with Gasteiger partial charge in [0.05, 0.1) is 11.8 Å². The monoisotopic (exact) mass is 359 g/mol. The Kier molecular flexibility index (Phi) is 3.71. The van der Waals surface area contributed by atoms with Gasteiger partial charge in [0.2, 0.25) is 0 Å². The highest BCUT2D eigenvalue weighted by atomic mass is 16.3. The molecule has 0 radical (unpaired) electrons. The van der Waals surface area contributed by atoms with E-state index in [4.69, 9.17) is 4.42 Å². The number of hydrogen-bond donors (Lipinski definition) is 0. The average molecular weight is 359 g/mol. The smallest absolute Gasteiger partial charge is 0.257 e. The maximum absolute atomic E-state index is 12.5.